The molecule has 0 aromatic heterocycles. The van der Waals surface area contributed by atoms with Gasteiger partial charge in [-0.25, -0.2) is 0 Å². The van der Waals surface area contributed by atoms with E-state index in [4.69, 9.17) is 15.2 Å². The summed E-state index contributed by atoms with van der Waals surface area (Å²) in [6, 6.07) is 0.497. The van der Waals surface area contributed by atoms with Crippen molar-refractivity contribution in [3.63, 3.8) is 0 Å². The number of hydrogen-bond donors (Lipinski definition) is 2. The van der Waals surface area contributed by atoms with Crippen LogP contribution in [0.2, 0.25) is 0 Å². The fourth-order valence-electron chi connectivity index (χ4n) is 3.83. The van der Waals surface area contributed by atoms with Crippen LogP contribution < -0.4 is 11.1 Å². The first-order valence-electron chi connectivity index (χ1n) is 8.44. The second-order valence-electron chi connectivity index (χ2n) is 7.96. The van der Waals surface area contributed by atoms with Gasteiger partial charge in [0.15, 0.2) is 0 Å². The fraction of sp³-hybridized carbons (Fsp3) is 1.00. The summed E-state index contributed by atoms with van der Waals surface area (Å²) in [5, 5.41) is 3.70. The molecule has 0 aromatic rings. The summed E-state index contributed by atoms with van der Waals surface area (Å²) in [4.78, 5) is 0. The second-order valence-corrected chi connectivity index (χ2v) is 7.96. The Labute approximate surface area is 130 Å². The first-order chi connectivity index (χ1) is 9.69. The van der Waals surface area contributed by atoms with Crippen LogP contribution in [-0.2, 0) is 9.47 Å². The Morgan fingerprint density at radius 1 is 1.05 bits per heavy atom. The molecule has 0 aliphatic heterocycles. The average Bonchev–Trinajstić information content (AvgIpc) is 2.41. The predicted octanol–water partition coefficient (Wildman–Crippen LogP) is 2.31. The van der Waals surface area contributed by atoms with E-state index in [1.165, 1.54) is 0 Å². The van der Waals surface area contributed by atoms with Crippen molar-refractivity contribution in [2.45, 2.75) is 78.2 Å². The van der Waals surface area contributed by atoms with E-state index in [0.717, 1.165) is 32.6 Å². The van der Waals surface area contributed by atoms with E-state index in [2.05, 4.69) is 46.9 Å². The summed E-state index contributed by atoms with van der Waals surface area (Å²) in [6.45, 7) is 15.6. The summed E-state index contributed by atoms with van der Waals surface area (Å²) in [6.07, 6.45) is 2.70. The van der Waals surface area contributed by atoms with Gasteiger partial charge < -0.3 is 20.5 Å². The maximum atomic E-state index is 6.64. The molecule has 0 amide bonds. The average molecular weight is 298 g/mol. The molecule has 0 bridgehead atoms. The minimum atomic E-state index is -0.167. The van der Waals surface area contributed by atoms with E-state index < -0.39 is 0 Å². The lowest BCUT2D eigenvalue weighted by Crippen LogP contribution is -2.75. The topological polar surface area (TPSA) is 56.5 Å². The zero-order chi connectivity index (χ0) is 15.9. The number of ether oxygens (including phenoxy) is 2. The highest BCUT2D eigenvalue weighted by Gasteiger charge is 2.59. The van der Waals surface area contributed by atoms with Gasteiger partial charge in [-0.15, -0.1) is 0 Å². The van der Waals surface area contributed by atoms with Gasteiger partial charge in [-0.05, 0) is 26.7 Å². The van der Waals surface area contributed by atoms with Crippen molar-refractivity contribution in [2.75, 3.05) is 19.8 Å². The van der Waals surface area contributed by atoms with E-state index >= 15 is 0 Å². The van der Waals surface area contributed by atoms with Gasteiger partial charge in [0, 0.05) is 42.2 Å². The Kier molecular flexibility index (Phi) is 4.75. The Hall–Kier alpha value is -0.160. The van der Waals surface area contributed by atoms with Gasteiger partial charge in [0.1, 0.15) is 0 Å². The van der Waals surface area contributed by atoms with E-state index in [9.17, 15) is 0 Å². The summed E-state index contributed by atoms with van der Waals surface area (Å²) in [7, 11) is 0. The quantitative estimate of drug-likeness (QED) is 0.757. The third kappa shape index (κ3) is 2.76. The van der Waals surface area contributed by atoms with Crippen molar-refractivity contribution in [1.29, 1.82) is 0 Å². The molecule has 4 atom stereocenters. The van der Waals surface area contributed by atoms with Crippen molar-refractivity contribution < 1.29 is 9.47 Å². The van der Waals surface area contributed by atoms with Crippen LogP contribution in [0, 0.1) is 10.8 Å². The van der Waals surface area contributed by atoms with Crippen molar-refractivity contribution in [1.82, 2.24) is 5.32 Å². The standard InChI is InChI=1S/C17H34N2O2/c1-7-20-13-9-12(15(13,3)4)19-11-17(18)10-14(21-8-2)16(17,5)6/h12-14,19H,7-11,18H2,1-6H3. The molecule has 3 N–H and O–H groups in total. The van der Waals surface area contributed by atoms with E-state index in [1.54, 1.807) is 0 Å². The third-order valence-corrected chi connectivity index (χ3v) is 6.22. The van der Waals surface area contributed by atoms with Gasteiger partial charge in [0.25, 0.3) is 0 Å². The van der Waals surface area contributed by atoms with E-state index in [0.29, 0.717) is 18.2 Å². The predicted molar refractivity (Wildman–Crippen MR) is 86.3 cm³/mol. The zero-order valence-electron chi connectivity index (χ0n) is 14.7. The van der Waals surface area contributed by atoms with Crippen molar-refractivity contribution in [2.24, 2.45) is 16.6 Å². The second kappa shape index (κ2) is 5.80. The van der Waals surface area contributed by atoms with E-state index in [1.807, 2.05) is 0 Å². The molecule has 4 nitrogen and oxygen atoms in total. The van der Waals surface area contributed by atoms with Crippen LogP contribution >= 0.6 is 0 Å². The first-order valence-corrected chi connectivity index (χ1v) is 8.44. The highest BCUT2D eigenvalue weighted by Crippen LogP contribution is 2.50. The zero-order valence-corrected chi connectivity index (χ0v) is 14.7. The molecule has 2 rings (SSSR count). The third-order valence-electron chi connectivity index (χ3n) is 6.22. The molecule has 0 saturated heterocycles. The summed E-state index contributed by atoms with van der Waals surface area (Å²) < 4.78 is 11.6. The first kappa shape index (κ1) is 17.2. The maximum absolute atomic E-state index is 6.64. The van der Waals surface area contributed by atoms with Crippen LogP contribution in [0.15, 0.2) is 0 Å². The Bertz CT molecular complexity index is 370. The SMILES string of the molecule is CCOC1CC(NCC2(N)CC(OCC)C2(C)C)C1(C)C. The maximum Gasteiger partial charge on any atom is 0.0662 e. The minimum Gasteiger partial charge on any atom is -0.378 e. The van der Waals surface area contributed by atoms with Gasteiger partial charge in [-0.2, -0.15) is 0 Å². The lowest BCUT2D eigenvalue weighted by molar-refractivity contribution is -0.156. The summed E-state index contributed by atoms with van der Waals surface area (Å²) in [5.74, 6) is 0. The van der Waals surface area contributed by atoms with E-state index in [-0.39, 0.29) is 16.4 Å². The molecule has 0 heterocycles. The van der Waals surface area contributed by atoms with Crippen molar-refractivity contribution in [3.8, 4) is 0 Å². The number of rotatable bonds is 7. The summed E-state index contributed by atoms with van der Waals surface area (Å²) >= 11 is 0. The Morgan fingerprint density at radius 2 is 1.62 bits per heavy atom. The molecule has 2 saturated carbocycles. The molecule has 2 aliphatic carbocycles. The normalized spacial score (nSPS) is 40.4. The van der Waals surface area contributed by atoms with Crippen LogP contribution in [-0.4, -0.2) is 43.5 Å². The number of nitrogens with two attached hydrogens (primary N) is 1. The van der Waals surface area contributed by atoms with Gasteiger partial charge in [-0.3, -0.25) is 0 Å². The molecule has 21 heavy (non-hydrogen) atoms. The molecule has 4 unspecified atom stereocenters. The molecule has 4 heteroatoms. The largest absolute Gasteiger partial charge is 0.378 e. The molecular weight excluding hydrogens is 264 g/mol. The van der Waals surface area contributed by atoms with Crippen LogP contribution in [0.3, 0.4) is 0 Å². The van der Waals surface area contributed by atoms with Gasteiger partial charge in [0.2, 0.25) is 0 Å². The molecule has 2 aliphatic rings. The molecule has 0 spiro atoms. The number of hydrogen-bond acceptors (Lipinski definition) is 4. The highest BCUT2D eigenvalue weighted by atomic mass is 16.5. The number of nitrogens with one attached hydrogen (secondary N) is 1. The molecule has 124 valence electrons. The van der Waals surface area contributed by atoms with Crippen LogP contribution in [0.25, 0.3) is 0 Å². The minimum absolute atomic E-state index is 0.0310. The molecule has 2 fully saturated rings. The monoisotopic (exact) mass is 298 g/mol. The lowest BCUT2D eigenvalue weighted by Gasteiger charge is -2.61. The van der Waals surface area contributed by atoms with Crippen molar-refractivity contribution >= 4 is 0 Å². The van der Waals surface area contributed by atoms with Gasteiger partial charge in [0.05, 0.1) is 12.2 Å². The molecule has 0 radical (unpaired) electrons. The molecular formula is C17H34N2O2. The lowest BCUT2D eigenvalue weighted by atomic mass is 9.54. The van der Waals surface area contributed by atoms with Crippen LogP contribution in [0.5, 0.6) is 0 Å². The van der Waals surface area contributed by atoms with Crippen LogP contribution in [0.1, 0.15) is 54.4 Å². The van der Waals surface area contributed by atoms with Crippen LogP contribution in [0.4, 0.5) is 0 Å². The molecule has 0 aromatic carbocycles. The highest BCUT2D eigenvalue weighted by molar-refractivity contribution is 5.15. The van der Waals surface area contributed by atoms with Gasteiger partial charge >= 0.3 is 0 Å². The van der Waals surface area contributed by atoms with Gasteiger partial charge in [-0.1, -0.05) is 27.7 Å². The Balaban J connectivity index is 1.85. The smallest absolute Gasteiger partial charge is 0.0662 e. The Morgan fingerprint density at radius 3 is 2.10 bits per heavy atom. The van der Waals surface area contributed by atoms with Crippen molar-refractivity contribution in [3.05, 3.63) is 0 Å². The fourth-order valence-corrected chi connectivity index (χ4v) is 3.83. The summed E-state index contributed by atoms with van der Waals surface area (Å²) in [5.41, 5.74) is 6.69.